The van der Waals surface area contributed by atoms with Crippen LogP contribution in [0.4, 0.5) is 0 Å². The standard InChI is InChI=1S/C12H15ClN2O3/c13-9-2-1-3-10(11(9)12(14)15-16)18-8-4-6-17-7-5-8/h1-3,8,16H,4-7H2,(H2,14,15). The van der Waals surface area contributed by atoms with E-state index in [1.807, 2.05) is 0 Å². The van der Waals surface area contributed by atoms with Crippen LogP contribution in [-0.2, 0) is 4.74 Å². The third-order valence-corrected chi connectivity index (χ3v) is 3.12. The minimum Gasteiger partial charge on any atom is -0.489 e. The molecule has 2 rings (SSSR count). The van der Waals surface area contributed by atoms with Gasteiger partial charge in [-0.05, 0) is 12.1 Å². The van der Waals surface area contributed by atoms with Gasteiger partial charge in [0.2, 0.25) is 0 Å². The van der Waals surface area contributed by atoms with Crippen LogP contribution in [-0.4, -0.2) is 30.4 Å². The molecule has 1 aromatic carbocycles. The Morgan fingerprint density at radius 3 is 2.83 bits per heavy atom. The van der Waals surface area contributed by atoms with Crippen molar-refractivity contribution in [3.05, 3.63) is 28.8 Å². The minimum atomic E-state index is -0.0531. The summed E-state index contributed by atoms with van der Waals surface area (Å²) in [5.41, 5.74) is 6.04. The summed E-state index contributed by atoms with van der Waals surface area (Å²) in [6.45, 7) is 1.37. The van der Waals surface area contributed by atoms with Crippen molar-refractivity contribution in [3.8, 4) is 5.75 Å². The Morgan fingerprint density at radius 1 is 1.44 bits per heavy atom. The van der Waals surface area contributed by atoms with Gasteiger partial charge >= 0.3 is 0 Å². The summed E-state index contributed by atoms with van der Waals surface area (Å²) in [6.07, 6.45) is 1.71. The van der Waals surface area contributed by atoms with Gasteiger partial charge in [0, 0.05) is 12.8 Å². The van der Waals surface area contributed by atoms with E-state index in [0.717, 1.165) is 12.8 Å². The second-order valence-electron chi connectivity index (χ2n) is 4.03. The molecule has 0 atom stereocenters. The van der Waals surface area contributed by atoms with Gasteiger partial charge in [0.15, 0.2) is 5.84 Å². The summed E-state index contributed by atoms with van der Waals surface area (Å²) in [4.78, 5) is 0. The Kier molecular flexibility index (Phi) is 4.28. The molecule has 18 heavy (non-hydrogen) atoms. The summed E-state index contributed by atoms with van der Waals surface area (Å²) < 4.78 is 11.1. The number of hydrogen-bond acceptors (Lipinski definition) is 4. The van der Waals surface area contributed by atoms with Crippen LogP contribution in [0.25, 0.3) is 0 Å². The minimum absolute atomic E-state index is 0.0531. The molecule has 1 aromatic rings. The first-order chi connectivity index (χ1) is 8.72. The number of nitrogens with zero attached hydrogens (tertiary/aromatic N) is 1. The Labute approximate surface area is 110 Å². The largest absolute Gasteiger partial charge is 0.489 e. The van der Waals surface area contributed by atoms with Crippen LogP contribution in [0.5, 0.6) is 5.75 Å². The maximum atomic E-state index is 8.77. The zero-order valence-electron chi connectivity index (χ0n) is 9.80. The summed E-state index contributed by atoms with van der Waals surface area (Å²) in [5.74, 6) is 0.479. The second kappa shape index (κ2) is 5.93. The number of amidine groups is 1. The fourth-order valence-electron chi connectivity index (χ4n) is 1.87. The predicted octanol–water partition coefficient (Wildman–Crippen LogP) is 1.99. The van der Waals surface area contributed by atoms with E-state index in [1.54, 1.807) is 18.2 Å². The Balaban J connectivity index is 2.23. The maximum Gasteiger partial charge on any atom is 0.175 e. The molecule has 0 aliphatic carbocycles. The van der Waals surface area contributed by atoms with Gasteiger partial charge < -0.3 is 20.4 Å². The van der Waals surface area contributed by atoms with Crippen molar-refractivity contribution < 1.29 is 14.7 Å². The molecule has 1 aliphatic heterocycles. The molecule has 0 aromatic heterocycles. The van der Waals surface area contributed by atoms with E-state index in [2.05, 4.69) is 5.16 Å². The van der Waals surface area contributed by atoms with Crippen molar-refractivity contribution in [1.29, 1.82) is 0 Å². The highest BCUT2D eigenvalue weighted by Gasteiger charge is 2.19. The smallest absolute Gasteiger partial charge is 0.175 e. The molecule has 0 bridgehead atoms. The van der Waals surface area contributed by atoms with Crippen molar-refractivity contribution in [2.75, 3.05) is 13.2 Å². The lowest BCUT2D eigenvalue weighted by molar-refractivity contribution is 0.0255. The third-order valence-electron chi connectivity index (χ3n) is 2.80. The first-order valence-corrected chi connectivity index (χ1v) is 6.11. The third kappa shape index (κ3) is 2.86. The summed E-state index contributed by atoms with van der Waals surface area (Å²) >= 11 is 6.04. The number of rotatable bonds is 3. The number of nitrogens with two attached hydrogens (primary N) is 1. The van der Waals surface area contributed by atoms with Crippen LogP contribution in [0, 0.1) is 0 Å². The van der Waals surface area contributed by atoms with Crippen molar-refractivity contribution in [2.24, 2.45) is 10.9 Å². The van der Waals surface area contributed by atoms with Gasteiger partial charge in [-0.25, -0.2) is 0 Å². The molecule has 3 N–H and O–H groups in total. The zero-order chi connectivity index (χ0) is 13.0. The number of ether oxygens (including phenoxy) is 2. The van der Waals surface area contributed by atoms with Crippen LogP contribution in [0.1, 0.15) is 18.4 Å². The molecule has 1 heterocycles. The molecule has 5 nitrogen and oxygen atoms in total. The zero-order valence-corrected chi connectivity index (χ0v) is 10.6. The Morgan fingerprint density at radius 2 is 2.17 bits per heavy atom. The molecular weight excluding hydrogens is 256 g/mol. The average molecular weight is 271 g/mol. The first kappa shape index (κ1) is 13.0. The van der Waals surface area contributed by atoms with Gasteiger partial charge in [-0.1, -0.05) is 22.8 Å². The van der Waals surface area contributed by atoms with Crippen molar-refractivity contribution >= 4 is 17.4 Å². The second-order valence-corrected chi connectivity index (χ2v) is 4.43. The van der Waals surface area contributed by atoms with Gasteiger partial charge in [-0.3, -0.25) is 0 Å². The van der Waals surface area contributed by atoms with Crippen LogP contribution in [0.3, 0.4) is 0 Å². The first-order valence-electron chi connectivity index (χ1n) is 5.73. The molecule has 0 unspecified atom stereocenters. The lowest BCUT2D eigenvalue weighted by Gasteiger charge is -2.24. The monoisotopic (exact) mass is 270 g/mol. The summed E-state index contributed by atoms with van der Waals surface area (Å²) in [6, 6.07) is 5.20. The maximum absolute atomic E-state index is 8.77. The van der Waals surface area contributed by atoms with Crippen LogP contribution in [0.2, 0.25) is 5.02 Å². The molecule has 6 heteroatoms. The fourth-order valence-corrected chi connectivity index (χ4v) is 2.14. The SMILES string of the molecule is NC(=NO)c1c(Cl)cccc1OC1CCOCC1. The van der Waals surface area contributed by atoms with Gasteiger partial charge in [0.05, 0.1) is 23.8 Å². The van der Waals surface area contributed by atoms with Crippen molar-refractivity contribution in [3.63, 3.8) is 0 Å². The summed E-state index contributed by atoms with van der Waals surface area (Å²) in [7, 11) is 0. The molecule has 0 radical (unpaired) electrons. The Bertz CT molecular complexity index is 445. The molecule has 0 spiro atoms. The van der Waals surface area contributed by atoms with E-state index >= 15 is 0 Å². The molecule has 98 valence electrons. The van der Waals surface area contributed by atoms with Crippen LogP contribution < -0.4 is 10.5 Å². The van der Waals surface area contributed by atoms with E-state index < -0.39 is 0 Å². The van der Waals surface area contributed by atoms with E-state index in [1.165, 1.54) is 0 Å². The normalized spacial score (nSPS) is 17.7. The average Bonchev–Trinajstić information content (AvgIpc) is 2.39. The number of hydrogen-bond donors (Lipinski definition) is 2. The van der Waals surface area contributed by atoms with Crippen molar-refractivity contribution in [2.45, 2.75) is 18.9 Å². The molecule has 0 saturated carbocycles. The highest BCUT2D eigenvalue weighted by atomic mass is 35.5. The molecule has 1 aliphatic rings. The van der Waals surface area contributed by atoms with Gasteiger partial charge in [0.1, 0.15) is 11.9 Å². The van der Waals surface area contributed by atoms with E-state index in [-0.39, 0.29) is 11.9 Å². The van der Waals surface area contributed by atoms with Gasteiger partial charge in [-0.2, -0.15) is 0 Å². The van der Waals surface area contributed by atoms with E-state index in [4.69, 9.17) is 32.0 Å². The fraction of sp³-hybridized carbons (Fsp3) is 0.417. The highest BCUT2D eigenvalue weighted by molar-refractivity contribution is 6.34. The Hall–Kier alpha value is -1.46. The topological polar surface area (TPSA) is 77.1 Å². The van der Waals surface area contributed by atoms with E-state index in [9.17, 15) is 0 Å². The number of benzene rings is 1. The van der Waals surface area contributed by atoms with Crippen molar-refractivity contribution in [1.82, 2.24) is 0 Å². The predicted molar refractivity (Wildman–Crippen MR) is 68.4 cm³/mol. The molecule has 1 fully saturated rings. The molecule has 0 amide bonds. The van der Waals surface area contributed by atoms with Crippen LogP contribution in [0.15, 0.2) is 23.4 Å². The van der Waals surface area contributed by atoms with E-state index in [0.29, 0.717) is 29.5 Å². The van der Waals surface area contributed by atoms with Crippen LogP contribution >= 0.6 is 11.6 Å². The lowest BCUT2D eigenvalue weighted by atomic mass is 10.1. The highest BCUT2D eigenvalue weighted by Crippen LogP contribution is 2.28. The lowest BCUT2D eigenvalue weighted by Crippen LogP contribution is -2.27. The quantitative estimate of drug-likeness (QED) is 0.381. The molecule has 1 saturated heterocycles. The van der Waals surface area contributed by atoms with Gasteiger partial charge in [-0.15, -0.1) is 0 Å². The number of halogens is 1. The summed E-state index contributed by atoms with van der Waals surface area (Å²) in [5, 5.41) is 12.1. The van der Waals surface area contributed by atoms with Gasteiger partial charge in [0.25, 0.3) is 0 Å². The number of oxime groups is 1. The molecular formula is C12H15ClN2O3.